The van der Waals surface area contributed by atoms with Gasteiger partial charge in [0.25, 0.3) is 11.8 Å². The van der Waals surface area contributed by atoms with Crippen molar-refractivity contribution in [3.63, 3.8) is 0 Å². The molecule has 7 N–H and O–H groups in total. The zero-order valence-corrected chi connectivity index (χ0v) is 39.6. The molecule has 0 saturated heterocycles. The minimum Gasteiger partial charge on any atom is -0.508 e. The largest absolute Gasteiger partial charge is 0.586 e. The molecule has 4 amide bonds. The summed E-state index contributed by atoms with van der Waals surface area (Å²) in [5.41, 5.74) is 13.1. The summed E-state index contributed by atoms with van der Waals surface area (Å²) in [6.45, 7) is 4.98. The van der Waals surface area contributed by atoms with Gasteiger partial charge in [-0.3, -0.25) is 24.2 Å². The maximum absolute atomic E-state index is 13.6. The van der Waals surface area contributed by atoms with E-state index >= 15 is 0 Å². The normalized spacial score (nSPS) is 13.8. The predicted octanol–water partition coefficient (Wildman–Crippen LogP) is 9.03. The summed E-state index contributed by atoms with van der Waals surface area (Å²) in [5.74, 6) is -0.257. The van der Waals surface area contributed by atoms with Gasteiger partial charge in [0.2, 0.25) is 11.8 Å². The van der Waals surface area contributed by atoms with Crippen LogP contribution in [0.4, 0.5) is 20.4 Å². The molecular formula is C54H56F2N8O7. The molecule has 1 aliphatic heterocycles. The van der Waals surface area contributed by atoms with Crippen molar-refractivity contribution in [2.24, 2.45) is 0 Å². The Morgan fingerprint density at radius 2 is 1.45 bits per heavy atom. The summed E-state index contributed by atoms with van der Waals surface area (Å²) >= 11 is 0. The van der Waals surface area contributed by atoms with Crippen molar-refractivity contribution in [2.75, 3.05) is 30.7 Å². The quantitative estimate of drug-likeness (QED) is 0.0374. The molecule has 3 aromatic heterocycles. The second-order valence-electron chi connectivity index (χ2n) is 17.8. The fourth-order valence-corrected chi connectivity index (χ4v) is 8.75. The highest BCUT2D eigenvalue weighted by molar-refractivity contribution is 6.01. The Balaban J connectivity index is 0.696. The van der Waals surface area contributed by atoms with Crippen molar-refractivity contribution in [1.29, 1.82) is 0 Å². The van der Waals surface area contributed by atoms with E-state index in [1.165, 1.54) is 12.1 Å². The van der Waals surface area contributed by atoms with Gasteiger partial charge in [-0.1, -0.05) is 75.1 Å². The van der Waals surface area contributed by atoms with Gasteiger partial charge in [-0.05, 0) is 110 Å². The summed E-state index contributed by atoms with van der Waals surface area (Å²) in [7, 11) is 0. The molecule has 17 heteroatoms. The van der Waals surface area contributed by atoms with E-state index in [1.54, 1.807) is 73.1 Å². The van der Waals surface area contributed by atoms with Crippen LogP contribution in [-0.2, 0) is 21.4 Å². The predicted molar refractivity (Wildman–Crippen MR) is 265 cm³/mol. The third-order valence-corrected chi connectivity index (χ3v) is 12.8. The number of carbonyl (C=O) groups excluding carboxylic acids is 4. The Morgan fingerprint density at radius 1 is 0.732 bits per heavy atom. The zero-order chi connectivity index (χ0) is 50.1. The first-order chi connectivity index (χ1) is 34.2. The molecule has 0 spiro atoms. The van der Waals surface area contributed by atoms with Crippen LogP contribution in [0.15, 0.2) is 103 Å². The van der Waals surface area contributed by atoms with Crippen LogP contribution in [-0.4, -0.2) is 69.6 Å². The van der Waals surface area contributed by atoms with Gasteiger partial charge in [0.05, 0.1) is 11.1 Å². The molecule has 6 aromatic rings. The van der Waals surface area contributed by atoms with Crippen LogP contribution in [0.25, 0.3) is 33.5 Å². The number of benzene rings is 3. The first-order valence-corrected chi connectivity index (χ1v) is 23.9. The molecule has 15 nitrogen and oxygen atoms in total. The Bertz CT molecular complexity index is 2930. The molecular weight excluding hydrogens is 911 g/mol. The number of nitrogens with one attached hydrogen (secondary N) is 4. The highest BCUT2D eigenvalue weighted by atomic mass is 19.3. The molecule has 8 rings (SSSR count). The molecule has 4 heterocycles. The average Bonchev–Trinajstić information content (AvgIpc) is 4.12. The third-order valence-electron chi connectivity index (χ3n) is 12.8. The number of phenolic OH excluding ortho intramolecular Hbond substituents is 1. The molecule has 3 aromatic carbocycles. The number of halogens is 2. The van der Waals surface area contributed by atoms with Crippen molar-refractivity contribution in [2.45, 2.75) is 89.8 Å². The molecule has 71 heavy (non-hydrogen) atoms. The number of carbonyl (C=O) groups is 4. The van der Waals surface area contributed by atoms with Crippen LogP contribution in [0.1, 0.15) is 102 Å². The van der Waals surface area contributed by atoms with Crippen LogP contribution >= 0.6 is 0 Å². The molecule has 0 unspecified atom stereocenters. The van der Waals surface area contributed by atoms with E-state index in [4.69, 9.17) is 10.7 Å². The standard InChI is InChI=1S/C54H56F2N8O7/c1-3-40-41(32-62-49(57)47(40)34-15-19-39(65)20-16-34)37-17-21-42(61-31-37)51(68)60-28-27-58-46(66)13-8-6-4-5-7-9-26-59-50(67)36-12-10-11-35(29-36)48-33(2)14-23-45(63-48)64-52(69)53(24-25-53)38-18-22-43-44(30-38)71-54(55,56)70-43/h10-12,14-23,29-32,65H,3-9,13,24-28H2,1-2H3,(H2,57,62)(H,58,66)(H,59,67)(H,60,68)(H,63,64,69). The van der Waals surface area contributed by atoms with Gasteiger partial charge in [0, 0.05) is 66.3 Å². The lowest BCUT2D eigenvalue weighted by Crippen LogP contribution is -2.34. The number of phenols is 1. The number of amides is 4. The number of alkyl halides is 2. The second kappa shape index (κ2) is 21.8. The van der Waals surface area contributed by atoms with Gasteiger partial charge in [0.15, 0.2) is 11.5 Å². The van der Waals surface area contributed by atoms with Crippen molar-refractivity contribution in [1.82, 2.24) is 30.9 Å². The highest BCUT2D eigenvalue weighted by Crippen LogP contribution is 2.52. The van der Waals surface area contributed by atoms with Gasteiger partial charge in [0.1, 0.15) is 23.1 Å². The Hall–Kier alpha value is -7.95. The van der Waals surface area contributed by atoms with Gasteiger partial charge in [-0.15, -0.1) is 8.78 Å². The van der Waals surface area contributed by atoms with Gasteiger partial charge >= 0.3 is 6.29 Å². The lowest BCUT2D eigenvalue weighted by Gasteiger charge is -2.17. The van der Waals surface area contributed by atoms with Crippen LogP contribution in [0.5, 0.6) is 17.2 Å². The summed E-state index contributed by atoms with van der Waals surface area (Å²) in [5, 5.41) is 21.3. The first kappa shape index (κ1) is 49.5. The Morgan fingerprint density at radius 3 is 2.20 bits per heavy atom. The number of unbranched alkanes of at least 4 members (excludes halogenated alkanes) is 5. The fourth-order valence-electron chi connectivity index (χ4n) is 8.75. The molecule has 0 bridgehead atoms. The van der Waals surface area contributed by atoms with Crippen LogP contribution in [0.3, 0.4) is 0 Å². The molecule has 1 saturated carbocycles. The van der Waals surface area contributed by atoms with E-state index < -0.39 is 11.7 Å². The Kier molecular flexibility index (Phi) is 15.2. The number of aromatic nitrogens is 3. The van der Waals surface area contributed by atoms with Gasteiger partial charge in [-0.25, -0.2) is 9.97 Å². The maximum Gasteiger partial charge on any atom is 0.586 e. The van der Waals surface area contributed by atoms with Crippen molar-refractivity contribution in [3.05, 3.63) is 131 Å². The number of rotatable bonds is 21. The first-order valence-electron chi connectivity index (χ1n) is 23.9. The number of nitrogens with two attached hydrogens (primary N) is 1. The molecule has 1 aliphatic carbocycles. The van der Waals surface area contributed by atoms with Crippen LogP contribution in [0.2, 0.25) is 0 Å². The zero-order valence-electron chi connectivity index (χ0n) is 39.6. The number of hydrogen-bond acceptors (Lipinski definition) is 11. The molecule has 2 aliphatic rings. The van der Waals surface area contributed by atoms with E-state index in [9.17, 15) is 33.1 Å². The van der Waals surface area contributed by atoms with E-state index in [0.717, 1.165) is 71.9 Å². The highest BCUT2D eigenvalue weighted by Gasteiger charge is 2.53. The lowest BCUT2D eigenvalue weighted by atomic mass is 9.92. The number of aryl methyl sites for hydroxylation is 1. The molecule has 368 valence electrons. The number of nitrogens with zero attached hydrogens (tertiary/aromatic N) is 3. The number of aromatic hydroxyl groups is 1. The van der Waals surface area contributed by atoms with E-state index in [-0.39, 0.29) is 53.1 Å². The van der Waals surface area contributed by atoms with Crippen molar-refractivity contribution < 1.29 is 42.5 Å². The van der Waals surface area contributed by atoms with Crippen molar-refractivity contribution >= 4 is 35.3 Å². The van der Waals surface area contributed by atoms with E-state index in [1.807, 2.05) is 32.0 Å². The minimum absolute atomic E-state index is 0.0741. The van der Waals surface area contributed by atoms with Gasteiger partial charge in [-0.2, -0.15) is 0 Å². The second-order valence-corrected chi connectivity index (χ2v) is 17.8. The smallest absolute Gasteiger partial charge is 0.508 e. The summed E-state index contributed by atoms with van der Waals surface area (Å²) in [4.78, 5) is 65.5. The monoisotopic (exact) mass is 966 g/mol. The van der Waals surface area contributed by atoms with Crippen LogP contribution < -0.4 is 36.5 Å². The number of hydrogen-bond donors (Lipinski definition) is 6. The van der Waals surface area contributed by atoms with E-state index in [2.05, 4.69) is 40.7 Å². The van der Waals surface area contributed by atoms with Crippen LogP contribution in [0, 0.1) is 6.92 Å². The third kappa shape index (κ3) is 11.9. The number of anilines is 2. The fraction of sp³-hybridized carbons (Fsp3) is 0.315. The average molecular weight is 967 g/mol. The number of fused-ring (bicyclic) bond motifs is 1. The topological polar surface area (TPSA) is 220 Å². The summed E-state index contributed by atoms with van der Waals surface area (Å²) in [6, 6.07) is 25.4. The van der Waals surface area contributed by atoms with E-state index in [0.29, 0.717) is 72.8 Å². The SMILES string of the molecule is CCc1c(-c2ccc(C(=O)NCCNC(=O)CCCCCCCCNC(=O)c3cccc(-c4nc(NC(=O)C5(c6ccc7c(c6)OC(F)(F)O7)CC5)ccc4C)c3)nc2)cnc(N)c1-c1ccc(O)cc1. The Labute approximate surface area is 410 Å². The maximum atomic E-state index is 13.6. The molecule has 0 radical (unpaired) electrons. The van der Waals surface area contributed by atoms with Crippen molar-refractivity contribution in [3.8, 4) is 50.8 Å². The minimum atomic E-state index is -3.75. The molecule has 0 atom stereocenters. The summed E-state index contributed by atoms with van der Waals surface area (Å²) in [6.07, 6.45) is 7.05. The number of nitrogen functional groups attached to an aromatic ring is 1. The number of ether oxygens (including phenoxy) is 2. The number of pyridine rings is 3. The lowest BCUT2D eigenvalue weighted by molar-refractivity contribution is -0.286. The summed E-state index contributed by atoms with van der Waals surface area (Å²) < 4.78 is 36.3. The molecule has 1 fully saturated rings. The van der Waals surface area contributed by atoms with Gasteiger partial charge < -0.3 is 41.6 Å².